The van der Waals surface area contributed by atoms with Crippen LogP contribution in [0, 0.1) is 0 Å². The molecule has 0 atom stereocenters. The molecule has 0 unspecified atom stereocenters. The molecule has 11 heteroatoms. The molecule has 1 aromatic heterocycles. The molecular weight excluding hydrogens is 395 g/mol. The van der Waals surface area contributed by atoms with Gasteiger partial charge in [0.2, 0.25) is 5.91 Å². The highest BCUT2D eigenvalue weighted by molar-refractivity contribution is 7.09. The fraction of sp³-hybridized carbons (Fsp3) is 0.353. The molecule has 4 N–H and O–H groups in total. The van der Waals surface area contributed by atoms with Crippen LogP contribution >= 0.6 is 11.3 Å². The molecule has 1 heterocycles. The van der Waals surface area contributed by atoms with Gasteiger partial charge in [-0.1, -0.05) is 0 Å². The Morgan fingerprint density at radius 1 is 1.25 bits per heavy atom. The van der Waals surface area contributed by atoms with Gasteiger partial charge in [0.15, 0.2) is 11.7 Å². The van der Waals surface area contributed by atoms with Crippen molar-refractivity contribution in [3.8, 4) is 5.75 Å². The van der Waals surface area contributed by atoms with Crippen molar-refractivity contribution in [2.45, 2.75) is 19.5 Å². The number of carbonyl (C=O) groups is 1. The largest absolute Gasteiger partial charge is 0.508 e. The molecule has 0 bridgehead atoms. The summed E-state index contributed by atoms with van der Waals surface area (Å²) in [4.78, 5) is 19.6. The number of thiazole rings is 1. The second-order valence-electron chi connectivity index (χ2n) is 5.59. The van der Waals surface area contributed by atoms with E-state index in [1.165, 1.54) is 12.1 Å². The highest BCUT2D eigenvalue weighted by atomic mass is 32.1. The number of aliphatic imine (C=N–C) groups is 1. The third kappa shape index (κ3) is 7.06. The first-order valence-corrected chi connectivity index (χ1v) is 9.28. The number of hydrogen-bond acceptors (Lipinski definition) is 5. The lowest BCUT2D eigenvalue weighted by Gasteiger charge is -2.10. The number of nitrogens with zero attached hydrogens (tertiary/aromatic N) is 2. The van der Waals surface area contributed by atoms with Crippen LogP contribution in [0.4, 0.5) is 18.9 Å². The number of nitrogens with one attached hydrogen (secondary N) is 3. The third-order valence-corrected chi connectivity index (χ3v) is 4.26. The van der Waals surface area contributed by atoms with Crippen LogP contribution in [0.5, 0.6) is 5.75 Å². The van der Waals surface area contributed by atoms with E-state index in [1.54, 1.807) is 12.1 Å². The number of hydrogen-bond donors (Lipinski definition) is 4. The Hall–Kier alpha value is -2.82. The van der Waals surface area contributed by atoms with Gasteiger partial charge in [0.1, 0.15) is 12.3 Å². The molecule has 28 heavy (non-hydrogen) atoms. The van der Waals surface area contributed by atoms with Crippen molar-refractivity contribution in [3.05, 3.63) is 40.3 Å². The molecule has 0 fully saturated rings. The van der Waals surface area contributed by atoms with Gasteiger partial charge < -0.3 is 21.1 Å². The molecule has 7 nitrogen and oxygen atoms in total. The van der Waals surface area contributed by atoms with Crippen LogP contribution in [0.25, 0.3) is 0 Å². The van der Waals surface area contributed by atoms with E-state index in [9.17, 15) is 23.1 Å². The normalized spacial score (nSPS) is 11.9. The summed E-state index contributed by atoms with van der Waals surface area (Å²) in [6, 6.07) is 6.02. The molecule has 2 aromatic rings. The minimum atomic E-state index is -4.44. The number of guanidine groups is 1. The lowest BCUT2D eigenvalue weighted by Crippen LogP contribution is -2.39. The van der Waals surface area contributed by atoms with E-state index in [0.717, 1.165) is 16.7 Å². The minimum Gasteiger partial charge on any atom is -0.508 e. The molecule has 1 amide bonds. The number of benzene rings is 1. The summed E-state index contributed by atoms with van der Waals surface area (Å²) < 4.78 is 37.7. The Kier molecular flexibility index (Phi) is 7.61. The molecule has 0 aliphatic rings. The zero-order chi connectivity index (χ0) is 20.6. The van der Waals surface area contributed by atoms with Crippen molar-refractivity contribution in [2.24, 2.45) is 4.99 Å². The van der Waals surface area contributed by atoms with Crippen molar-refractivity contribution in [1.29, 1.82) is 0 Å². The van der Waals surface area contributed by atoms with E-state index in [4.69, 9.17) is 0 Å². The average molecular weight is 415 g/mol. The number of phenols is 1. The standard InChI is InChI=1S/C17H20F3N5O2S/c1-2-21-16(22-8-7-15-25-13(10-28-15)17(18,19)20)23-9-14(27)24-11-3-5-12(26)6-4-11/h3-6,10,26H,2,7-9H2,1H3,(H,24,27)(H2,21,22,23). The molecule has 0 aliphatic carbocycles. The lowest BCUT2D eigenvalue weighted by molar-refractivity contribution is -0.140. The smallest absolute Gasteiger partial charge is 0.434 e. The number of halogens is 3. The number of amides is 1. The van der Waals surface area contributed by atoms with Gasteiger partial charge in [-0.2, -0.15) is 13.2 Å². The predicted octanol–water partition coefficient (Wildman–Crippen LogP) is 2.60. The van der Waals surface area contributed by atoms with E-state index < -0.39 is 11.9 Å². The number of carbonyl (C=O) groups excluding carboxylic acids is 1. The molecule has 0 saturated carbocycles. The van der Waals surface area contributed by atoms with Crippen LogP contribution in [0.1, 0.15) is 17.6 Å². The van der Waals surface area contributed by atoms with Gasteiger partial charge >= 0.3 is 6.18 Å². The van der Waals surface area contributed by atoms with E-state index in [-0.39, 0.29) is 18.2 Å². The summed E-state index contributed by atoms with van der Waals surface area (Å²) in [6.45, 7) is 2.58. The second kappa shape index (κ2) is 9.93. The van der Waals surface area contributed by atoms with Crippen LogP contribution in [0.15, 0.2) is 34.6 Å². The molecule has 0 spiro atoms. The maximum Gasteiger partial charge on any atom is 0.434 e. The first kappa shape index (κ1) is 21.5. The Balaban J connectivity index is 1.83. The van der Waals surface area contributed by atoms with Crippen molar-refractivity contribution in [1.82, 2.24) is 15.6 Å². The van der Waals surface area contributed by atoms with Gasteiger partial charge in [-0.3, -0.25) is 4.79 Å². The van der Waals surface area contributed by atoms with Gasteiger partial charge in [-0.05, 0) is 31.2 Å². The molecule has 0 radical (unpaired) electrons. The Labute approximate surface area is 163 Å². The number of aromatic hydroxyl groups is 1. The summed E-state index contributed by atoms with van der Waals surface area (Å²) in [5, 5.41) is 19.1. The van der Waals surface area contributed by atoms with E-state index in [2.05, 4.69) is 25.9 Å². The van der Waals surface area contributed by atoms with Gasteiger partial charge in [0.05, 0.1) is 5.01 Å². The molecular formula is C17H20F3N5O2S. The quantitative estimate of drug-likeness (QED) is 0.317. The van der Waals surface area contributed by atoms with Crippen LogP contribution in [-0.4, -0.2) is 41.6 Å². The van der Waals surface area contributed by atoms with Gasteiger partial charge in [-0.15, -0.1) is 11.3 Å². The highest BCUT2D eigenvalue weighted by Gasteiger charge is 2.33. The summed E-state index contributed by atoms with van der Waals surface area (Å²) >= 11 is 0.949. The summed E-state index contributed by atoms with van der Waals surface area (Å²) in [6.07, 6.45) is -4.14. The first-order chi connectivity index (χ1) is 13.3. The van der Waals surface area contributed by atoms with Crippen LogP contribution in [0.3, 0.4) is 0 Å². The van der Waals surface area contributed by atoms with Crippen LogP contribution < -0.4 is 16.0 Å². The molecule has 152 valence electrons. The molecule has 1 aromatic carbocycles. The van der Waals surface area contributed by atoms with Crippen LogP contribution in [0.2, 0.25) is 0 Å². The number of anilines is 1. The summed E-state index contributed by atoms with van der Waals surface area (Å²) in [7, 11) is 0. The molecule has 0 aliphatic heterocycles. The maximum absolute atomic E-state index is 12.6. The van der Waals surface area contributed by atoms with Gasteiger partial charge in [0.25, 0.3) is 0 Å². The summed E-state index contributed by atoms with van der Waals surface area (Å²) in [5.74, 6) is 0.117. The van der Waals surface area contributed by atoms with Gasteiger partial charge in [0, 0.05) is 30.6 Å². The SMILES string of the molecule is CCNC(=NCC(=O)Nc1ccc(O)cc1)NCCc1nc(C(F)(F)F)cs1. The van der Waals surface area contributed by atoms with E-state index in [0.29, 0.717) is 36.2 Å². The topological polar surface area (TPSA) is 98.6 Å². The Morgan fingerprint density at radius 3 is 2.57 bits per heavy atom. The number of phenolic OH excluding ortho intramolecular Hbond substituents is 1. The maximum atomic E-state index is 12.6. The van der Waals surface area contributed by atoms with E-state index >= 15 is 0 Å². The average Bonchev–Trinajstić information content (AvgIpc) is 3.11. The monoisotopic (exact) mass is 415 g/mol. The third-order valence-electron chi connectivity index (χ3n) is 3.35. The lowest BCUT2D eigenvalue weighted by atomic mass is 10.3. The van der Waals surface area contributed by atoms with E-state index in [1.807, 2.05) is 6.92 Å². The van der Waals surface area contributed by atoms with Gasteiger partial charge in [-0.25, -0.2) is 9.98 Å². The van der Waals surface area contributed by atoms with Crippen molar-refractivity contribution in [2.75, 3.05) is 25.0 Å². The zero-order valence-corrected chi connectivity index (χ0v) is 15.8. The fourth-order valence-corrected chi connectivity index (χ4v) is 2.89. The Morgan fingerprint density at radius 2 is 1.96 bits per heavy atom. The minimum absolute atomic E-state index is 0.0947. The number of rotatable bonds is 7. The number of aromatic nitrogens is 1. The van der Waals surface area contributed by atoms with Crippen molar-refractivity contribution < 1.29 is 23.1 Å². The van der Waals surface area contributed by atoms with Crippen molar-refractivity contribution >= 4 is 28.9 Å². The van der Waals surface area contributed by atoms with Crippen molar-refractivity contribution in [3.63, 3.8) is 0 Å². The predicted molar refractivity (Wildman–Crippen MR) is 102 cm³/mol. The zero-order valence-electron chi connectivity index (χ0n) is 15.0. The summed E-state index contributed by atoms with van der Waals surface area (Å²) in [5.41, 5.74) is -0.362. The Bertz CT molecular complexity index is 806. The molecule has 0 saturated heterocycles. The van der Waals surface area contributed by atoms with Crippen LogP contribution in [-0.2, 0) is 17.4 Å². The first-order valence-electron chi connectivity index (χ1n) is 8.40. The highest BCUT2D eigenvalue weighted by Crippen LogP contribution is 2.29. The second-order valence-corrected chi connectivity index (χ2v) is 6.53. The molecule has 2 rings (SSSR count). The fourth-order valence-electron chi connectivity index (χ4n) is 2.08. The number of alkyl halides is 3.